The molecule has 0 aliphatic heterocycles. The standard InChI is InChI=1S/C10H12F3N5S/c1-5-2-3-6(19-10(11,12)13)4-7(5)17-9(16)18-8(14)15/h2-4H,1H3,(H6,14,15,16,17,18). The Morgan fingerprint density at radius 3 is 2.37 bits per heavy atom. The maximum absolute atomic E-state index is 12.3. The van der Waals surface area contributed by atoms with Gasteiger partial charge in [-0.1, -0.05) is 6.07 Å². The lowest BCUT2D eigenvalue weighted by Crippen LogP contribution is -2.26. The highest BCUT2D eigenvalue weighted by atomic mass is 32.2. The van der Waals surface area contributed by atoms with Crippen LogP contribution in [0, 0.1) is 6.92 Å². The largest absolute Gasteiger partial charge is 0.446 e. The molecule has 0 aliphatic carbocycles. The maximum Gasteiger partial charge on any atom is 0.446 e. The minimum atomic E-state index is -4.36. The average Bonchev–Trinajstić information content (AvgIpc) is 2.19. The number of benzene rings is 1. The van der Waals surface area contributed by atoms with Crippen LogP contribution >= 0.6 is 11.8 Å². The van der Waals surface area contributed by atoms with Crippen LogP contribution in [0.3, 0.4) is 0 Å². The van der Waals surface area contributed by atoms with Gasteiger partial charge in [0.25, 0.3) is 0 Å². The van der Waals surface area contributed by atoms with Gasteiger partial charge in [-0.2, -0.15) is 18.2 Å². The van der Waals surface area contributed by atoms with Crippen LogP contribution in [0.1, 0.15) is 5.56 Å². The molecule has 0 saturated heterocycles. The van der Waals surface area contributed by atoms with Gasteiger partial charge in [-0.25, -0.2) is 4.99 Å². The quantitative estimate of drug-likeness (QED) is 0.439. The van der Waals surface area contributed by atoms with Crippen molar-refractivity contribution in [2.75, 3.05) is 0 Å². The fraction of sp³-hybridized carbons (Fsp3) is 0.200. The molecule has 5 nitrogen and oxygen atoms in total. The number of hydrogen-bond donors (Lipinski definition) is 3. The van der Waals surface area contributed by atoms with Crippen LogP contribution in [0.4, 0.5) is 18.9 Å². The van der Waals surface area contributed by atoms with E-state index in [9.17, 15) is 13.2 Å². The van der Waals surface area contributed by atoms with Crippen LogP contribution in [0.2, 0.25) is 0 Å². The van der Waals surface area contributed by atoms with E-state index < -0.39 is 5.51 Å². The molecule has 1 aromatic carbocycles. The second kappa shape index (κ2) is 5.83. The number of halogens is 3. The Kier molecular flexibility index (Phi) is 4.65. The SMILES string of the molecule is Cc1ccc(SC(F)(F)F)cc1N=C(N)N=C(N)N. The van der Waals surface area contributed by atoms with Crippen molar-refractivity contribution in [1.82, 2.24) is 0 Å². The van der Waals surface area contributed by atoms with Gasteiger partial charge in [0, 0.05) is 4.90 Å². The minimum absolute atomic E-state index is 0.00866. The first-order valence-electron chi connectivity index (χ1n) is 4.97. The lowest BCUT2D eigenvalue weighted by molar-refractivity contribution is -0.0328. The second-order valence-corrected chi connectivity index (χ2v) is 4.64. The van der Waals surface area contributed by atoms with E-state index in [0.717, 1.165) is 0 Å². The van der Waals surface area contributed by atoms with E-state index in [1.54, 1.807) is 6.92 Å². The predicted octanol–water partition coefficient (Wildman–Crippen LogP) is 1.83. The highest BCUT2D eigenvalue weighted by Crippen LogP contribution is 2.38. The number of hydrogen-bond acceptors (Lipinski definition) is 2. The van der Waals surface area contributed by atoms with Crippen LogP contribution in [0.25, 0.3) is 0 Å². The van der Waals surface area contributed by atoms with Gasteiger partial charge < -0.3 is 17.2 Å². The van der Waals surface area contributed by atoms with Crippen LogP contribution in [-0.2, 0) is 0 Å². The van der Waals surface area contributed by atoms with E-state index in [1.807, 2.05) is 0 Å². The summed E-state index contributed by atoms with van der Waals surface area (Å²) in [6.07, 6.45) is 0. The Balaban J connectivity index is 3.08. The molecule has 0 aliphatic rings. The molecule has 0 atom stereocenters. The zero-order chi connectivity index (χ0) is 14.6. The molecule has 1 rings (SSSR count). The Morgan fingerprint density at radius 1 is 1.21 bits per heavy atom. The zero-order valence-electron chi connectivity index (χ0n) is 9.90. The highest BCUT2D eigenvalue weighted by Gasteiger charge is 2.29. The molecule has 0 saturated carbocycles. The number of thioether (sulfide) groups is 1. The van der Waals surface area contributed by atoms with Gasteiger partial charge in [0.1, 0.15) is 0 Å². The first kappa shape index (κ1) is 15.2. The smallest absolute Gasteiger partial charge is 0.370 e. The maximum atomic E-state index is 12.3. The first-order valence-corrected chi connectivity index (χ1v) is 5.79. The van der Waals surface area contributed by atoms with E-state index >= 15 is 0 Å². The topological polar surface area (TPSA) is 103 Å². The van der Waals surface area contributed by atoms with E-state index in [0.29, 0.717) is 5.56 Å². The summed E-state index contributed by atoms with van der Waals surface area (Å²) in [6, 6.07) is 4.13. The second-order valence-electron chi connectivity index (χ2n) is 3.50. The van der Waals surface area contributed by atoms with Crippen LogP contribution in [-0.4, -0.2) is 17.4 Å². The number of nitrogens with zero attached hydrogens (tertiary/aromatic N) is 2. The molecule has 0 amide bonds. The predicted molar refractivity (Wildman–Crippen MR) is 70.2 cm³/mol. The van der Waals surface area contributed by atoms with Crippen molar-refractivity contribution in [2.24, 2.45) is 27.2 Å². The Bertz CT molecular complexity index is 520. The van der Waals surface area contributed by atoms with Crippen LogP contribution < -0.4 is 17.2 Å². The number of guanidine groups is 2. The van der Waals surface area contributed by atoms with Crippen molar-refractivity contribution in [2.45, 2.75) is 17.3 Å². The molecular weight excluding hydrogens is 279 g/mol. The molecule has 104 valence electrons. The summed E-state index contributed by atoms with van der Waals surface area (Å²) in [7, 11) is 0. The van der Waals surface area contributed by atoms with Crippen LogP contribution in [0.15, 0.2) is 33.1 Å². The highest BCUT2D eigenvalue weighted by molar-refractivity contribution is 8.00. The number of aryl methyl sites for hydroxylation is 1. The molecule has 0 heterocycles. The van der Waals surface area contributed by atoms with Gasteiger partial charge in [-0.05, 0) is 36.4 Å². The van der Waals surface area contributed by atoms with Crippen molar-refractivity contribution < 1.29 is 13.2 Å². The Hall–Kier alpha value is -1.90. The number of rotatable bonds is 2. The lowest BCUT2D eigenvalue weighted by Gasteiger charge is -2.07. The third-order valence-electron chi connectivity index (χ3n) is 1.89. The molecule has 0 aromatic heterocycles. The molecule has 0 fully saturated rings. The molecule has 0 unspecified atom stereocenters. The zero-order valence-corrected chi connectivity index (χ0v) is 10.7. The van der Waals surface area contributed by atoms with E-state index in [-0.39, 0.29) is 34.3 Å². The fourth-order valence-corrected chi connectivity index (χ4v) is 1.76. The summed E-state index contributed by atoms with van der Waals surface area (Å²) in [6.45, 7) is 1.68. The summed E-state index contributed by atoms with van der Waals surface area (Å²) < 4.78 is 36.8. The molecular formula is C10H12F3N5S. The summed E-state index contributed by atoms with van der Waals surface area (Å²) in [4.78, 5) is 7.35. The Morgan fingerprint density at radius 2 is 1.84 bits per heavy atom. The third kappa shape index (κ3) is 5.51. The molecule has 0 radical (unpaired) electrons. The van der Waals surface area contributed by atoms with Crippen molar-refractivity contribution in [3.63, 3.8) is 0 Å². The number of alkyl halides is 3. The summed E-state index contributed by atoms with van der Waals surface area (Å²) in [5.41, 5.74) is 12.2. The average molecular weight is 291 g/mol. The number of nitrogens with two attached hydrogens (primary N) is 3. The van der Waals surface area contributed by atoms with Gasteiger partial charge in [0.15, 0.2) is 5.96 Å². The van der Waals surface area contributed by atoms with Crippen LogP contribution in [0.5, 0.6) is 0 Å². The van der Waals surface area contributed by atoms with Gasteiger partial charge in [0.05, 0.1) is 5.69 Å². The van der Waals surface area contributed by atoms with Crippen molar-refractivity contribution in [1.29, 1.82) is 0 Å². The molecule has 9 heteroatoms. The molecule has 1 aromatic rings. The fourth-order valence-electron chi connectivity index (χ4n) is 1.19. The van der Waals surface area contributed by atoms with Gasteiger partial charge in [0.2, 0.25) is 5.96 Å². The summed E-state index contributed by atoms with van der Waals surface area (Å²) in [5.74, 6) is -0.503. The molecule has 0 spiro atoms. The van der Waals surface area contributed by atoms with Crippen molar-refractivity contribution in [3.05, 3.63) is 23.8 Å². The van der Waals surface area contributed by atoms with E-state index in [1.165, 1.54) is 18.2 Å². The Labute approximate surface area is 111 Å². The van der Waals surface area contributed by atoms with Gasteiger partial charge >= 0.3 is 5.51 Å². The van der Waals surface area contributed by atoms with E-state index in [4.69, 9.17) is 17.2 Å². The third-order valence-corrected chi connectivity index (χ3v) is 2.61. The van der Waals surface area contributed by atoms with E-state index in [2.05, 4.69) is 9.98 Å². The minimum Gasteiger partial charge on any atom is -0.370 e. The first-order chi connectivity index (χ1) is 8.67. The lowest BCUT2D eigenvalue weighted by atomic mass is 10.2. The van der Waals surface area contributed by atoms with Gasteiger partial charge in [-0.15, -0.1) is 0 Å². The molecule has 19 heavy (non-hydrogen) atoms. The number of aliphatic imine (C=N–C) groups is 2. The summed E-state index contributed by atoms with van der Waals surface area (Å²) in [5, 5.41) is 0. The molecule has 6 N–H and O–H groups in total. The van der Waals surface area contributed by atoms with Crippen molar-refractivity contribution >= 4 is 29.4 Å². The molecule has 0 bridgehead atoms. The normalized spacial score (nSPS) is 12.3. The van der Waals surface area contributed by atoms with Gasteiger partial charge in [-0.3, -0.25) is 0 Å². The summed E-state index contributed by atoms with van der Waals surface area (Å²) >= 11 is -0.231. The van der Waals surface area contributed by atoms with Crippen molar-refractivity contribution in [3.8, 4) is 0 Å². The monoisotopic (exact) mass is 291 g/mol.